The Hall–Kier alpha value is -2.77. The number of tetrazole rings is 1. The quantitative estimate of drug-likeness (QED) is 0.842. The summed E-state index contributed by atoms with van der Waals surface area (Å²) < 4.78 is 1.33. The molecule has 1 aliphatic heterocycles. The van der Waals surface area contributed by atoms with E-state index in [9.17, 15) is 9.59 Å². The predicted molar refractivity (Wildman–Crippen MR) is 67.3 cm³/mol. The first-order valence-corrected chi connectivity index (χ1v) is 6.02. The van der Waals surface area contributed by atoms with Crippen molar-refractivity contribution in [2.24, 2.45) is 0 Å². The van der Waals surface area contributed by atoms with E-state index in [2.05, 4.69) is 15.5 Å². The van der Waals surface area contributed by atoms with E-state index < -0.39 is 5.97 Å². The second kappa shape index (κ2) is 4.72. The molecule has 8 nitrogen and oxygen atoms in total. The van der Waals surface area contributed by atoms with Gasteiger partial charge < -0.3 is 10.0 Å². The summed E-state index contributed by atoms with van der Waals surface area (Å²) in [5, 5.41) is 19.6. The van der Waals surface area contributed by atoms with Crippen molar-refractivity contribution in [1.82, 2.24) is 20.2 Å². The average molecular weight is 273 g/mol. The lowest BCUT2D eigenvalue weighted by Crippen LogP contribution is -2.32. The smallest absolute Gasteiger partial charge is 0.335 e. The number of fused-ring (bicyclic) bond motifs is 1. The van der Waals surface area contributed by atoms with Crippen LogP contribution in [0.15, 0.2) is 24.5 Å². The maximum absolute atomic E-state index is 12.2. The Morgan fingerprint density at radius 2 is 2.20 bits per heavy atom. The normalized spacial score (nSPS) is 13.3. The van der Waals surface area contributed by atoms with Gasteiger partial charge in [-0.1, -0.05) is 6.07 Å². The van der Waals surface area contributed by atoms with Crippen LogP contribution in [0.5, 0.6) is 0 Å². The number of hydrogen-bond donors (Lipinski definition) is 1. The summed E-state index contributed by atoms with van der Waals surface area (Å²) in [6, 6.07) is 4.84. The Labute approximate surface area is 113 Å². The molecule has 0 radical (unpaired) electrons. The highest BCUT2D eigenvalue weighted by Gasteiger charge is 2.25. The largest absolute Gasteiger partial charge is 0.478 e. The number of anilines is 1. The van der Waals surface area contributed by atoms with Crippen LogP contribution in [0, 0.1) is 0 Å². The van der Waals surface area contributed by atoms with Crippen molar-refractivity contribution in [3.8, 4) is 0 Å². The topological polar surface area (TPSA) is 101 Å². The zero-order valence-electron chi connectivity index (χ0n) is 10.4. The monoisotopic (exact) mass is 273 g/mol. The van der Waals surface area contributed by atoms with E-state index in [-0.39, 0.29) is 18.0 Å². The van der Waals surface area contributed by atoms with E-state index in [4.69, 9.17) is 5.11 Å². The van der Waals surface area contributed by atoms with Crippen LogP contribution in [0.2, 0.25) is 0 Å². The first kappa shape index (κ1) is 12.3. The first-order chi connectivity index (χ1) is 9.65. The predicted octanol–water partition coefficient (Wildman–Crippen LogP) is -0.0394. The molecule has 1 aromatic heterocycles. The fourth-order valence-electron chi connectivity index (χ4n) is 2.25. The summed E-state index contributed by atoms with van der Waals surface area (Å²) in [5.41, 5.74) is 1.80. The fraction of sp³-hybridized carbons (Fsp3) is 0.250. The van der Waals surface area contributed by atoms with E-state index in [1.54, 1.807) is 17.0 Å². The van der Waals surface area contributed by atoms with Gasteiger partial charge in [0.15, 0.2) is 0 Å². The van der Waals surface area contributed by atoms with Gasteiger partial charge in [-0.2, -0.15) is 0 Å². The van der Waals surface area contributed by atoms with Crippen LogP contribution in [0.25, 0.3) is 0 Å². The number of carbonyl (C=O) groups is 2. The van der Waals surface area contributed by atoms with Gasteiger partial charge >= 0.3 is 5.97 Å². The van der Waals surface area contributed by atoms with Gasteiger partial charge in [-0.25, -0.2) is 9.48 Å². The molecule has 0 aliphatic carbocycles. The Morgan fingerprint density at radius 1 is 1.35 bits per heavy atom. The molecule has 0 saturated carbocycles. The van der Waals surface area contributed by atoms with Crippen LogP contribution in [0.4, 0.5) is 5.69 Å². The van der Waals surface area contributed by atoms with E-state index in [1.165, 1.54) is 17.1 Å². The first-order valence-electron chi connectivity index (χ1n) is 6.02. The van der Waals surface area contributed by atoms with Crippen molar-refractivity contribution in [2.75, 3.05) is 11.4 Å². The third kappa shape index (κ3) is 2.11. The van der Waals surface area contributed by atoms with Crippen molar-refractivity contribution < 1.29 is 14.7 Å². The number of carbonyl (C=O) groups excluding carboxylic acids is 1. The number of hydrogen-bond acceptors (Lipinski definition) is 5. The van der Waals surface area contributed by atoms with Crippen molar-refractivity contribution in [3.63, 3.8) is 0 Å². The summed E-state index contributed by atoms with van der Waals surface area (Å²) in [5.74, 6) is -1.17. The highest BCUT2D eigenvalue weighted by atomic mass is 16.4. The van der Waals surface area contributed by atoms with Crippen LogP contribution in [-0.4, -0.2) is 43.7 Å². The zero-order chi connectivity index (χ0) is 14.1. The molecule has 1 N–H and O–H groups in total. The fourth-order valence-corrected chi connectivity index (χ4v) is 2.25. The molecule has 3 rings (SSSR count). The Bertz CT molecular complexity index is 668. The maximum Gasteiger partial charge on any atom is 0.335 e. The average Bonchev–Trinajstić information content (AvgIpc) is 3.06. The number of aromatic nitrogens is 4. The summed E-state index contributed by atoms with van der Waals surface area (Å²) in [4.78, 5) is 24.8. The molecule has 20 heavy (non-hydrogen) atoms. The molecule has 0 fully saturated rings. The molecule has 0 atom stereocenters. The number of aromatic carboxylic acids is 1. The van der Waals surface area contributed by atoms with Crippen molar-refractivity contribution in [1.29, 1.82) is 0 Å². The van der Waals surface area contributed by atoms with Crippen LogP contribution in [0.1, 0.15) is 15.9 Å². The number of carboxylic acid groups (broad SMARTS) is 1. The molecule has 0 saturated heterocycles. The van der Waals surface area contributed by atoms with Gasteiger partial charge in [-0.05, 0) is 34.5 Å². The van der Waals surface area contributed by atoms with Gasteiger partial charge in [0.2, 0.25) is 5.91 Å². The second-order valence-corrected chi connectivity index (χ2v) is 4.45. The Kier molecular flexibility index (Phi) is 2.90. The number of benzene rings is 1. The van der Waals surface area contributed by atoms with Gasteiger partial charge in [0.05, 0.1) is 5.56 Å². The highest BCUT2D eigenvalue weighted by Crippen LogP contribution is 2.29. The maximum atomic E-state index is 12.2. The number of amides is 1. The summed E-state index contributed by atoms with van der Waals surface area (Å²) in [6.45, 7) is 0.573. The van der Waals surface area contributed by atoms with Crippen molar-refractivity contribution >= 4 is 17.6 Å². The Morgan fingerprint density at radius 3 is 2.90 bits per heavy atom. The minimum Gasteiger partial charge on any atom is -0.478 e. The molecule has 8 heteroatoms. The van der Waals surface area contributed by atoms with Crippen molar-refractivity contribution in [3.05, 3.63) is 35.7 Å². The SMILES string of the molecule is O=C(O)c1ccc2c(c1)N(C(=O)Cn1cnnn1)CC2. The van der Waals surface area contributed by atoms with Gasteiger partial charge in [0.25, 0.3) is 0 Å². The molecule has 102 valence electrons. The van der Waals surface area contributed by atoms with Gasteiger partial charge in [-0.3, -0.25) is 4.79 Å². The molecule has 2 aromatic rings. The van der Waals surface area contributed by atoms with Gasteiger partial charge in [0.1, 0.15) is 12.9 Å². The van der Waals surface area contributed by atoms with E-state index in [1.807, 2.05) is 0 Å². The van der Waals surface area contributed by atoms with E-state index in [0.717, 1.165) is 12.0 Å². The highest BCUT2D eigenvalue weighted by molar-refractivity contribution is 5.97. The Balaban J connectivity index is 1.86. The molecular weight excluding hydrogens is 262 g/mol. The lowest BCUT2D eigenvalue weighted by Gasteiger charge is -2.17. The second-order valence-electron chi connectivity index (χ2n) is 4.45. The third-order valence-corrected chi connectivity index (χ3v) is 3.22. The van der Waals surface area contributed by atoms with Crippen LogP contribution < -0.4 is 4.90 Å². The minimum atomic E-state index is -1.01. The zero-order valence-corrected chi connectivity index (χ0v) is 10.4. The van der Waals surface area contributed by atoms with E-state index >= 15 is 0 Å². The molecule has 0 spiro atoms. The molecule has 0 bridgehead atoms. The van der Waals surface area contributed by atoms with Gasteiger partial charge in [-0.15, -0.1) is 5.10 Å². The minimum absolute atomic E-state index is 0.0315. The van der Waals surface area contributed by atoms with Crippen LogP contribution in [-0.2, 0) is 17.8 Å². The van der Waals surface area contributed by atoms with Crippen LogP contribution in [0.3, 0.4) is 0 Å². The van der Waals surface area contributed by atoms with Gasteiger partial charge in [0, 0.05) is 12.2 Å². The van der Waals surface area contributed by atoms with Crippen molar-refractivity contribution in [2.45, 2.75) is 13.0 Å². The molecule has 2 heterocycles. The molecular formula is C12H11N5O3. The lowest BCUT2D eigenvalue weighted by molar-refractivity contribution is -0.119. The molecule has 0 unspecified atom stereocenters. The standard InChI is InChI=1S/C12H11N5O3/c18-11(6-16-7-13-14-15-16)17-4-3-8-1-2-9(12(19)20)5-10(8)17/h1-2,5,7H,3-4,6H2,(H,19,20). The number of nitrogens with zero attached hydrogens (tertiary/aromatic N) is 5. The molecule has 1 amide bonds. The van der Waals surface area contributed by atoms with Crippen LogP contribution >= 0.6 is 0 Å². The number of rotatable bonds is 3. The number of carboxylic acids is 1. The summed E-state index contributed by atoms with van der Waals surface area (Å²) >= 11 is 0. The molecule has 1 aliphatic rings. The molecule has 1 aromatic carbocycles. The van der Waals surface area contributed by atoms with E-state index in [0.29, 0.717) is 12.2 Å². The summed E-state index contributed by atoms with van der Waals surface area (Å²) in [6.07, 6.45) is 2.08. The summed E-state index contributed by atoms with van der Waals surface area (Å²) in [7, 11) is 0. The lowest BCUT2D eigenvalue weighted by atomic mass is 10.1. The third-order valence-electron chi connectivity index (χ3n) is 3.22.